The number of carboxylic acid groups (broad SMARTS) is 1. The van der Waals surface area contributed by atoms with E-state index < -0.39 is 12.0 Å². The number of hydrogen-bond acceptors (Lipinski definition) is 4. The second kappa shape index (κ2) is 6.48. The highest BCUT2D eigenvalue weighted by atomic mass is 16.5. The van der Waals surface area contributed by atoms with Crippen molar-refractivity contribution in [1.29, 1.82) is 0 Å². The Kier molecular flexibility index (Phi) is 4.85. The third-order valence-corrected chi connectivity index (χ3v) is 4.29. The maximum atomic E-state index is 12.6. The van der Waals surface area contributed by atoms with Crippen molar-refractivity contribution in [1.82, 2.24) is 14.7 Å². The molecule has 1 aromatic rings. The lowest BCUT2D eigenvalue weighted by Gasteiger charge is -2.34. The van der Waals surface area contributed by atoms with Gasteiger partial charge in [0.1, 0.15) is 0 Å². The molecule has 0 radical (unpaired) electrons. The van der Waals surface area contributed by atoms with Gasteiger partial charge in [-0.3, -0.25) is 9.48 Å². The van der Waals surface area contributed by atoms with Crippen LogP contribution in [0.25, 0.3) is 0 Å². The van der Waals surface area contributed by atoms with Gasteiger partial charge >= 0.3 is 5.97 Å². The summed E-state index contributed by atoms with van der Waals surface area (Å²) in [5.74, 6) is -1.45. The van der Waals surface area contributed by atoms with Gasteiger partial charge in [0.25, 0.3) is 0 Å². The number of aliphatic carboxylic acids is 1. The van der Waals surface area contributed by atoms with Gasteiger partial charge in [0, 0.05) is 25.2 Å². The van der Waals surface area contributed by atoms with Crippen LogP contribution in [-0.4, -0.2) is 57.5 Å². The van der Waals surface area contributed by atoms with Gasteiger partial charge in [-0.2, -0.15) is 5.10 Å². The van der Waals surface area contributed by atoms with E-state index >= 15 is 0 Å². The highest BCUT2D eigenvalue weighted by molar-refractivity contribution is 5.85. The molecule has 0 bridgehead atoms. The summed E-state index contributed by atoms with van der Waals surface area (Å²) < 4.78 is 6.98. The predicted molar refractivity (Wildman–Crippen MR) is 79.5 cm³/mol. The summed E-state index contributed by atoms with van der Waals surface area (Å²) in [6.45, 7) is 6.50. The third-order valence-electron chi connectivity index (χ3n) is 4.29. The first kappa shape index (κ1) is 16.5. The summed E-state index contributed by atoms with van der Waals surface area (Å²) in [5.41, 5.74) is 3.01. The fourth-order valence-electron chi connectivity index (χ4n) is 2.86. The van der Waals surface area contributed by atoms with Crippen LogP contribution in [0.15, 0.2) is 0 Å². The minimum atomic E-state index is -1.02. The van der Waals surface area contributed by atoms with E-state index in [1.54, 1.807) is 4.68 Å². The molecule has 1 N–H and O–H groups in total. The van der Waals surface area contributed by atoms with Crippen molar-refractivity contribution in [2.45, 2.75) is 33.2 Å². The molecule has 2 rings (SSSR count). The molecule has 1 fully saturated rings. The first-order valence-corrected chi connectivity index (χ1v) is 7.43. The van der Waals surface area contributed by atoms with Crippen molar-refractivity contribution in [2.24, 2.45) is 13.0 Å². The molecule has 1 aromatic heterocycles. The van der Waals surface area contributed by atoms with Crippen LogP contribution < -0.4 is 0 Å². The highest BCUT2D eigenvalue weighted by Gasteiger charge is 2.35. The fourth-order valence-corrected chi connectivity index (χ4v) is 2.86. The Balaban J connectivity index is 2.12. The lowest BCUT2D eigenvalue weighted by molar-refractivity contribution is -0.160. The highest BCUT2D eigenvalue weighted by Crippen LogP contribution is 2.20. The fraction of sp³-hybridized carbons (Fsp3) is 0.667. The van der Waals surface area contributed by atoms with Gasteiger partial charge in [0.2, 0.25) is 5.91 Å². The molecular formula is C15H23N3O4. The Morgan fingerprint density at radius 3 is 2.68 bits per heavy atom. The molecule has 1 amide bonds. The van der Waals surface area contributed by atoms with Gasteiger partial charge in [-0.25, -0.2) is 4.79 Å². The number of morpholine rings is 1. The van der Waals surface area contributed by atoms with E-state index in [9.17, 15) is 14.7 Å². The van der Waals surface area contributed by atoms with Gasteiger partial charge in [-0.05, 0) is 25.8 Å². The normalized spacial score (nSPS) is 20.0. The summed E-state index contributed by atoms with van der Waals surface area (Å²) in [7, 11) is 1.88. The van der Waals surface area contributed by atoms with Gasteiger partial charge < -0.3 is 14.7 Å². The summed E-state index contributed by atoms with van der Waals surface area (Å²) in [5, 5.41) is 13.6. The molecule has 7 nitrogen and oxygen atoms in total. The van der Waals surface area contributed by atoms with Crippen LogP contribution in [0.4, 0.5) is 0 Å². The minimum Gasteiger partial charge on any atom is -0.480 e. The number of carbonyl (C=O) groups excluding carboxylic acids is 1. The Bertz CT molecular complexity index is 582. The smallest absolute Gasteiger partial charge is 0.328 e. The van der Waals surface area contributed by atoms with E-state index in [2.05, 4.69) is 5.10 Å². The second-order valence-corrected chi connectivity index (χ2v) is 5.84. The molecule has 1 aliphatic heterocycles. The molecule has 0 spiro atoms. The Hall–Kier alpha value is -1.89. The number of rotatable bonds is 4. The van der Waals surface area contributed by atoms with Crippen LogP contribution >= 0.6 is 0 Å². The van der Waals surface area contributed by atoms with Crippen LogP contribution in [-0.2, 0) is 27.8 Å². The van der Waals surface area contributed by atoms with E-state index in [1.807, 2.05) is 27.8 Å². The summed E-state index contributed by atoms with van der Waals surface area (Å²) in [6.07, 6.45) is 0.564. The van der Waals surface area contributed by atoms with E-state index in [0.29, 0.717) is 19.6 Å². The largest absolute Gasteiger partial charge is 0.480 e. The zero-order valence-electron chi connectivity index (χ0n) is 13.5. The Labute approximate surface area is 129 Å². The molecule has 7 heteroatoms. The van der Waals surface area contributed by atoms with Crippen LogP contribution in [0.1, 0.15) is 23.9 Å². The number of amides is 1. The van der Waals surface area contributed by atoms with Gasteiger partial charge in [0.05, 0.1) is 18.9 Å². The molecule has 0 unspecified atom stereocenters. The van der Waals surface area contributed by atoms with E-state index in [0.717, 1.165) is 17.0 Å². The summed E-state index contributed by atoms with van der Waals surface area (Å²) in [6, 6.07) is -0.889. The number of carboxylic acids is 1. The molecule has 0 aliphatic carbocycles. The molecular weight excluding hydrogens is 286 g/mol. The Morgan fingerprint density at radius 1 is 1.45 bits per heavy atom. The number of ether oxygens (including phenoxy) is 1. The third kappa shape index (κ3) is 3.14. The van der Waals surface area contributed by atoms with E-state index in [1.165, 1.54) is 4.90 Å². The van der Waals surface area contributed by atoms with Gasteiger partial charge in [0.15, 0.2) is 6.04 Å². The Morgan fingerprint density at radius 2 is 2.14 bits per heavy atom. The van der Waals surface area contributed by atoms with Crippen LogP contribution in [0.3, 0.4) is 0 Å². The monoisotopic (exact) mass is 309 g/mol. The van der Waals surface area contributed by atoms with Crippen molar-refractivity contribution >= 4 is 11.9 Å². The lowest BCUT2D eigenvalue weighted by Crippen LogP contribution is -2.54. The van der Waals surface area contributed by atoms with Gasteiger partial charge in [-0.15, -0.1) is 0 Å². The molecule has 122 valence electrons. The molecule has 0 saturated carbocycles. The van der Waals surface area contributed by atoms with Crippen molar-refractivity contribution in [2.75, 3.05) is 19.8 Å². The standard InChI is InChI=1S/C15H23N3O4/c1-9(7-12-10(2)16-17(4)11(12)3)14(19)18-5-6-22-8-13(18)15(20)21/h9,13H,5-8H2,1-4H3,(H,20,21)/t9-,13-/m1/s1. The van der Waals surface area contributed by atoms with Crippen LogP contribution in [0, 0.1) is 19.8 Å². The SMILES string of the molecule is Cc1nn(C)c(C)c1C[C@@H](C)C(=O)N1CCOC[C@@H]1C(=O)O. The van der Waals surface area contributed by atoms with Crippen molar-refractivity contribution in [3.63, 3.8) is 0 Å². The van der Waals surface area contributed by atoms with E-state index in [4.69, 9.17) is 4.74 Å². The van der Waals surface area contributed by atoms with E-state index in [-0.39, 0.29) is 18.4 Å². The maximum absolute atomic E-state index is 12.6. The first-order valence-electron chi connectivity index (χ1n) is 7.43. The molecule has 0 aromatic carbocycles. The number of hydrogen-bond donors (Lipinski definition) is 1. The molecule has 1 aliphatic rings. The molecule has 2 atom stereocenters. The van der Waals surface area contributed by atoms with Crippen LogP contribution in [0.5, 0.6) is 0 Å². The zero-order valence-corrected chi connectivity index (χ0v) is 13.5. The first-order chi connectivity index (χ1) is 10.3. The molecule has 22 heavy (non-hydrogen) atoms. The lowest BCUT2D eigenvalue weighted by atomic mass is 9.97. The van der Waals surface area contributed by atoms with Crippen molar-refractivity contribution < 1.29 is 19.4 Å². The maximum Gasteiger partial charge on any atom is 0.328 e. The zero-order chi connectivity index (χ0) is 16.4. The van der Waals surface area contributed by atoms with Crippen LogP contribution in [0.2, 0.25) is 0 Å². The number of aryl methyl sites for hydroxylation is 2. The minimum absolute atomic E-state index is 0.0543. The number of aromatic nitrogens is 2. The summed E-state index contributed by atoms with van der Waals surface area (Å²) in [4.78, 5) is 25.3. The predicted octanol–water partition coefficient (Wildman–Crippen LogP) is 0.528. The second-order valence-electron chi connectivity index (χ2n) is 5.84. The quantitative estimate of drug-likeness (QED) is 0.877. The number of carbonyl (C=O) groups is 2. The van der Waals surface area contributed by atoms with Crippen molar-refractivity contribution in [3.05, 3.63) is 17.0 Å². The number of nitrogens with zero attached hydrogens (tertiary/aromatic N) is 3. The average molecular weight is 309 g/mol. The van der Waals surface area contributed by atoms with Crippen molar-refractivity contribution in [3.8, 4) is 0 Å². The van der Waals surface area contributed by atoms with Gasteiger partial charge in [-0.1, -0.05) is 6.92 Å². The molecule has 2 heterocycles. The topological polar surface area (TPSA) is 84.7 Å². The molecule has 1 saturated heterocycles. The summed E-state index contributed by atoms with van der Waals surface area (Å²) >= 11 is 0. The average Bonchev–Trinajstić information content (AvgIpc) is 2.72.